The van der Waals surface area contributed by atoms with Crippen molar-refractivity contribution in [1.82, 2.24) is 0 Å². The summed E-state index contributed by atoms with van der Waals surface area (Å²) >= 11 is 0. The van der Waals surface area contributed by atoms with E-state index < -0.39 is 17.9 Å². The van der Waals surface area contributed by atoms with Gasteiger partial charge in [-0.2, -0.15) is 0 Å². The third kappa shape index (κ3) is 6.38. The van der Waals surface area contributed by atoms with Crippen molar-refractivity contribution in [1.29, 1.82) is 0 Å². The first-order valence-corrected chi connectivity index (χ1v) is 9.81. The summed E-state index contributed by atoms with van der Waals surface area (Å²) in [4.78, 5) is 24.2. The SMILES string of the molecule is CCOC(=O)C(CCCC=C(c1ccccc1)c1ccccc1)C(=O)OCC. The van der Waals surface area contributed by atoms with Crippen molar-refractivity contribution in [3.8, 4) is 0 Å². The van der Waals surface area contributed by atoms with Gasteiger partial charge in [-0.3, -0.25) is 9.59 Å². The van der Waals surface area contributed by atoms with Gasteiger partial charge in [0, 0.05) is 0 Å². The van der Waals surface area contributed by atoms with Crippen LogP contribution in [0, 0.1) is 5.92 Å². The molecular formula is C24H28O4. The lowest BCUT2D eigenvalue weighted by Crippen LogP contribution is -2.28. The summed E-state index contributed by atoms with van der Waals surface area (Å²) in [5.41, 5.74) is 3.42. The minimum Gasteiger partial charge on any atom is -0.465 e. The number of hydrogen-bond donors (Lipinski definition) is 0. The van der Waals surface area contributed by atoms with E-state index in [-0.39, 0.29) is 13.2 Å². The second-order valence-electron chi connectivity index (χ2n) is 6.34. The van der Waals surface area contributed by atoms with E-state index in [1.165, 1.54) is 0 Å². The van der Waals surface area contributed by atoms with Crippen LogP contribution >= 0.6 is 0 Å². The standard InChI is InChI=1S/C24H28O4/c1-3-27-23(25)22(24(26)28-4-2)18-12-11-17-21(19-13-7-5-8-14-19)20-15-9-6-10-16-20/h5-10,13-17,22H,3-4,11-12,18H2,1-2H3. The highest BCUT2D eigenvalue weighted by Gasteiger charge is 2.28. The van der Waals surface area contributed by atoms with E-state index in [9.17, 15) is 9.59 Å². The van der Waals surface area contributed by atoms with E-state index in [1.54, 1.807) is 13.8 Å². The Morgan fingerprint density at radius 1 is 0.821 bits per heavy atom. The quantitative estimate of drug-likeness (QED) is 0.329. The molecule has 2 rings (SSSR count). The van der Waals surface area contributed by atoms with E-state index in [2.05, 4.69) is 30.3 Å². The normalized spacial score (nSPS) is 10.4. The molecule has 0 atom stereocenters. The summed E-state index contributed by atoms with van der Waals surface area (Å²) in [7, 11) is 0. The van der Waals surface area contributed by atoms with Crippen molar-refractivity contribution >= 4 is 17.5 Å². The Bertz CT molecular complexity index is 706. The monoisotopic (exact) mass is 380 g/mol. The molecule has 0 aliphatic rings. The highest BCUT2D eigenvalue weighted by molar-refractivity contribution is 5.94. The zero-order valence-corrected chi connectivity index (χ0v) is 16.6. The number of carbonyl (C=O) groups excluding carboxylic acids is 2. The van der Waals surface area contributed by atoms with Crippen LogP contribution in [0.5, 0.6) is 0 Å². The molecule has 0 bridgehead atoms. The van der Waals surface area contributed by atoms with Gasteiger partial charge in [0.1, 0.15) is 0 Å². The number of carbonyl (C=O) groups is 2. The number of rotatable bonds is 10. The molecule has 2 aromatic rings. The molecule has 0 spiro atoms. The highest BCUT2D eigenvalue weighted by atomic mass is 16.6. The second kappa shape index (κ2) is 11.8. The fourth-order valence-electron chi connectivity index (χ4n) is 3.02. The Balaban J connectivity index is 2.09. The predicted octanol–water partition coefficient (Wildman–Crippen LogP) is 5.03. The molecule has 0 aliphatic carbocycles. The van der Waals surface area contributed by atoms with Crippen molar-refractivity contribution in [2.75, 3.05) is 13.2 Å². The zero-order chi connectivity index (χ0) is 20.2. The summed E-state index contributed by atoms with van der Waals surface area (Å²) in [5, 5.41) is 0. The number of ether oxygens (including phenoxy) is 2. The summed E-state index contributed by atoms with van der Waals surface area (Å²) in [6.45, 7) is 3.96. The first-order chi connectivity index (χ1) is 13.7. The van der Waals surface area contributed by atoms with Gasteiger partial charge in [0.15, 0.2) is 5.92 Å². The Kier molecular flexibility index (Phi) is 8.99. The average molecular weight is 380 g/mol. The summed E-state index contributed by atoms with van der Waals surface area (Å²) in [6, 6.07) is 20.4. The molecule has 2 aromatic carbocycles. The van der Waals surface area contributed by atoms with Gasteiger partial charge in [0.05, 0.1) is 13.2 Å². The number of benzene rings is 2. The van der Waals surface area contributed by atoms with E-state index >= 15 is 0 Å². The van der Waals surface area contributed by atoms with Crippen LogP contribution in [0.25, 0.3) is 5.57 Å². The molecule has 0 unspecified atom stereocenters. The van der Waals surface area contributed by atoms with E-state index in [1.807, 2.05) is 36.4 Å². The van der Waals surface area contributed by atoms with Gasteiger partial charge < -0.3 is 9.47 Å². The molecule has 4 nitrogen and oxygen atoms in total. The lowest BCUT2D eigenvalue weighted by Gasteiger charge is -2.14. The summed E-state index contributed by atoms with van der Waals surface area (Å²) in [5.74, 6) is -1.86. The Morgan fingerprint density at radius 2 is 1.29 bits per heavy atom. The molecule has 0 heterocycles. The smallest absolute Gasteiger partial charge is 0.320 e. The molecule has 0 saturated heterocycles. The molecule has 0 saturated carbocycles. The molecule has 0 aromatic heterocycles. The lowest BCUT2D eigenvalue weighted by atomic mass is 9.95. The van der Waals surface area contributed by atoms with Crippen LogP contribution in [0.15, 0.2) is 66.7 Å². The number of hydrogen-bond acceptors (Lipinski definition) is 4. The van der Waals surface area contributed by atoms with Crippen LogP contribution in [-0.2, 0) is 19.1 Å². The fourth-order valence-corrected chi connectivity index (χ4v) is 3.02. The maximum Gasteiger partial charge on any atom is 0.320 e. The van der Waals surface area contributed by atoms with Gasteiger partial charge in [-0.15, -0.1) is 0 Å². The van der Waals surface area contributed by atoms with Crippen LogP contribution in [0.2, 0.25) is 0 Å². The molecule has 4 heteroatoms. The lowest BCUT2D eigenvalue weighted by molar-refractivity contribution is -0.161. The van der Waals surface area contributed by atoms with Gasteiger partial charge in [0.25, 0.3) is 0 Å². The Hall–Kier alpha value is -2.88. The van der Waals surface area contributed by atoms with Crippen molar-refractivity contribution in [3.63, 3.8) is 0 Å². The minimum absolute atomic E-state index is 0.251. The maximum absolute atomic E-state index is 12.1. The van der Waals surface area contributed by atoms with Crippen LogP contribution in [-0.4, -0.2) is 25.2 Å². The van der Waals surface area contributed by atoms with Crippen molar-refractivity contribution in [2.45, 2.75) is 33.1 Å². The van der Waals surface area contributed by atoms with Gasteiger partial charge in [-0.05, 0) is 49.8 Å². The average Bonchev–Trinajstić information content (AvgIpc) is 2.72. The third-order valence-corrected chi connectivity index (χ3v) is 4.36. The van der Waals surface area contributed by atoms with Crippen LogP contribution in [0.3, 0.4) is 0 Å². The molecular weight excluding hydrogens is 352 g/mol. The van der Waals surface area contributed by atoms with Gasteiger partial charge in [0.2, 0.25) is 0 Å². The molecule has 148 valence electrons. The third-order valence-electron chi connectivity index (χ3n) is 4.36. The molecule has 0 amide bonds. The minimum atomic E-state index is -0.856. The maximum atomic E-state index is 12.1. The van der Waals surface area contributed by atoms with Gasteiger partial charge in [-0.1, -0.05) is 66.7 Å². The van der Waals surface area contributed by atoms with E-state index in [0.29, 0.717) is 12.8 Å². The largest absolute Gasteiger partial charge is 0.465 e. The molecule has 0 N–H and O–H groups in total. The highest BCUT2D eigenvalue weighted by Crippen LogP contribution is 2.24. The zero-order valence-electron chi connectivity index (χ0n) is 16.6. The van der Waals surface area contributed by atoms with Crippen molar-refractivity contribution in [2.24, 2.45) is 5.92 Å². The van der Waals surface area contributed by atoms with Gasteiger partial charge in [-0.25, -0.2) is 0 Å². The van der Waals surface area contributed by atoms with Crippen LogP contribution < -0.4 is 0 Å². The van der Waals surface area contributed by atoms with Crippen LogP contribution in [0.1, 0.15) is 44.2 Å². The van der Waals surface area contributed by atoms with Crippen LogP contribution in [0.4, 0.5) is 0 Å². The first-order valence-electron chi connectivity index (χ1n) is 9.81. The topological polar surface area (TPSA) is 52.6 Å². The molecule has 0 aliphatic heterocycles. The van der Waals surface area contributed by atoms with E-state index in [4.69, 9.17) is 9.47 Å². The number of esters is 2. The number of allylic oxidation sites excluding steroid dienone is 1. The first kappa shape index (κ1) is 21.4. The number of unbranched alkanes of at least 4 members (excludes halogenated alkanes) is 1. The molecule has 28 heavy (non-hydrogen) atoms. The molecule has 0 fully saturated rings. The fraction of sp³-hybridized carbons (Fsp3) is 0.333. The summed E-state index contributed by atoms with van der Waals surface area (Å²) in [6.07, 6.45) is 4.00. The Morgan fingerprint density at radius 3 is 1.71 bits per heavy atom. The second-order valence-corrected chi connectivity index (χ2v) is 6.34. The molecule has 0 radical (unpaired) electrons. The van der Waals surface area contributed by atoms with Gasteiger partial charge >= 0.3 is 11.9 Å². The van der Waals surface area contributed by atoms with E-state index in [0.717, 1.165) is 23.1 Å². The van der Waals surface area contributed by atoms with Crippen molar-refractivity contribution in [3.05, 3.63) is 77.9 Å². The van der Waals surface area contributed by atoms with Crippen molar-refractivity contribution < 1.29 is 19.1 Å². The Labute approximate surface area is 167 Å². The summed E-state index contributed by atoms with van der Waals surface area (Å²) < 4.78 is 10.1. The predicted molar refractivity (Wildman–Crippen MR) is 111 cm³/mol.